The smallest absolute Gasteiger partial charge is 0.508 e. The van der Waals surface area contributed by atoms with E-state index in [1.807, 2.05) is 0 Å². The van der Waals surface area contributed by atoms with Crippen LogP contribution in [0.4, 0.5) is 37.8 Å². The third-order valence-corrected chi connectivity index (χ3v) is 13.3. The third-order valence-electron chi connectivity index (χ3n) is 12.8. The Morgan fingerprint density at radius 1 is 0.848 bits per heavy atom. The van der Waals surface area contributed by atoms with Gasteiger partial charge in [-0.05, 0) is 97.1 Å². The SMILES string of the molecule is O=C1[C@@H]2C[C@@H]3C(=CC[C@@H]4C(=O)N(c5ccc(-c6nc7ccccc7o6)cc5)C(=O)[C@@H]43)[C@H](c3cc(OC(F)(F)F)ccc3O)[C@]2(c2ccc(Cl)cc2)C(=O)N1Nc1ncc(C(F)(F)F)cc1Cl. The van der Waals surface area contributed by atoms with Crippen molar-refractivity contribution in [1.82, 2.24) is 15.0 Å². The number of pyridine rings is 1. The Kier molecular flexibility index (Phi) is 9.99. The van der Waals surface area contributed by atoms with Gasteiger partial charge in [0, 0.05) is 28.3 Å². The van der Waals surface area contributed by atoms with Gasteiger partial charge in [-0.25, -0.2) is 9.97 Å². The summed E-state index contributed by atoms with van der Waals surface area (Å²) in [5.41, 5.74) is 1.07. The molecule has 0 spiro atoms. The summed E-state index contributed by atoms with van der Waals surface area (Å²) in [7, 11) is 0. The van der Waals surface area contributed by atoms with Crippen molar-refractivity contribution in [2.24, 2.45) is 23.7 Å². The van der Waals surface area contributed by atoms with Crippen molar-refractivity contribution in [2.75, 3.05) is 10.3 Å². The summed E-state index contributed by atoms with van der Waals surface area (Å²) < 4.78 is 92.1. The second-order valence-electron chi connectivity index (χ2n) is 16.2. The number of nitrogens with zero attached hydrogens (tertiary/aromatic N) is 4. The molecule has 66 heavy (non-hydrogen) atoms. The highest BCUT2D eigenvalue weighted by atomic mass is 35.5. The average molecular weight is 949 g/mol. The Hall–Kier alpha value is -6.92. The van der Waals surface area contributed by atoms with E-state index in [2.05, 4.69) is 20.1 Å². The van der Waals surface area contributed by atoms with Gasteiger partial charge in [0.1, 0.15) is 17.0 Å². The first-order chi connectivity index (χ1) is 31.3. The maximum Gasteiger partial charge on any atom is 0.573 e. The highest BCUT2D eigenvalue weighted by molar-refractivity contribution is 6.33. The molecule has 2 aliphatic carbocycles. The number of amides is 4. The lowest BCUT2D eigenvalue weighted by atomic mass is 9.49. The molecule has 1 saturated carbocycles. The van der Waals surface area contributed by atoms with Crippen molar-refractivity contribution < 1.29 is 59.8 Å². The Balaban J connectivity index is 1.10. The minimum absolute atomic E-state index is 0.0921. The van der Waals surface area contributed by atoms with Crippen LogP contribution in [0.2, 0.25) is 10.0 Å². The number of para-hydroxylation sites is 2. The Bertz CT molecular complexity index is 3020. The van der Waals surface area contributed by atoms with E-state index in [1.165, 1.54) is 24.3 Å². The Labute approximate surface area is 378 Å². The summed E-state index contributed by atoms with van der Waals surface area (Å²) in [6, 6.07) is 22.4. The molecule has 2 N–H and O–H groups in total. The van der Waals surface area contributed by atoms with E-state index in [4.69, 9.17) is 27.6 Å². The minimum atomic E-state index is -5.20. The largest absolute Gasteiger partial charge is 0.573 e. The van der Waals surface area contributed by atoms with E-state index in [0.717, 1.165) is 23.1 Å². The normalized spacial score (nSPS) is 24.1. The van der Waals surface area contributed by atoms with Gasteiger partial charge in [-0.1, -0.05) is 59.1 Å². The summed E-state index contributed by atoms with van der Waals surface area (Å²) >= 11 is 12.5. The highest BCUT2D eigenvalue weighted by Gasteiger charge is 2.71. The van der Waals surface area contributed by atoms with Crippen LogP contribution in [-0.2, 0) is 30.8 Å². The number of benzene rings is 4. The highest BCUT2D eigenvalue weighted by Crippen LogP contribution is 2.65. The van der Waals surface area contributed by atoms with E-state index >= 15 is 4.79 Å². The number of nitrogens with one attached hydrogen (secondary N) is 1. The lowest BCUT2D eigenvalue weighted by Crippen LogP contribution is -2.53. The molecule has 2 saturated heterocycles. The van der Waals surface area contributed by atoms with Gasteiger partial charge in [0.05, 0.1) is 39.4 Å². The van der Waals surface area contributed by atoms with Crippen LogP contribution in [-0.4, -0.2) is 50.1 Å². The van der Waals surface area contributed by atoms with Gasteiger partial charge in [0.25, 0.3) is 11.8 Å². The number of fused-ring (bicyclic) bond motifs is 5. The molecule has 4 aliphatic rings. The number of imide groups is 2. The second-order valence-corrected chi connectivity index (χ2v) is 17.1. The monoisotopic (exact) mass is 947 g/mol. The first-order valence-electron chi connectivity index (χ1n) is 20.1. The van der Waals surface area contributed by atoms with Gasteiger partial charge >= 0.3 is 12.5 Å². The molecule has 4 aromatic carbocycles. The van der Waals surface area contributed by atoms with Crippen LogP contribution in [0.25, 0.3) is 22.6 Å². The molecule has 6 atom stereocenters. The van der Waals surface area contributed by atoms with Crippen LogP contribution >= 0.6 is 23.2 Å². The van der Waals surface area contributed by atoms with Crippen molar-refractivity contribution >= 4 is 69.4 Å². The van der Waals surface area contributed by atoms with Crippen molar-refractivity contribution in [3.8, 4) is 23.0 Å². The van der Waals surface area contributed by atoms with E-state index < -0.39 is 99.1 Å². The van der Waals surface area contributed by atoms with Crippen molar-refractivity contribution in [1.29, 1.82) is 0 Å². The van der Waals surface area contributed by atoms with Gasteiger partial charge in [-0.3, -0.25) is 29.5 Å². The van der Waals surface area contributed by atoms with E-state index in [-0.39, 0.29) is 40.3 Å². The molecule has 0 bridgehead atoms. The molecule has 3 fully saturated rings. The van der Waals surface area contributed by atoms with Crippen molar-refractivity contribution in [3.63, 3.8) is 0 Å². The fourth-order valence-corrected chi connectivity index (χ4v) is 10.4. The number of allylic oxidation sites excluding steroid dienone is 2. The van der Waals surface area contributed by atoms with Gasteiger partial charge < -0.3 is 14.3 Å². The average Bonchev–Trinajstić information content (AvgIpc) is 3.89. The van der Waals surface area contributed by atoms with Crippen LogP contribution < -0.4 is 15.1 Å². The van der Waals surface area contributed by atoms with Crippen LogP contribution in [0.15, 0.2) is 119 Å². The number of halogens is 8. The number of anilines is 2. The zero-order chi connectivity index (χ0) is 46.6. The van der Waals surface area contributed by atoms with E-state index in [1.54, 1.807) is 54.6 Å². The Morgan fingerprint density at radius 2 is 1.58 bits per heavy atom. The maximum absolute atomic E-state index is 15.4. The quantitative estimate of drug-likeness (QED) is 0.0898. The number of hydrogen-bond acceptors (Lipinski definition) is 10. The number of oxazole rings is 1. The molecular weight excluding hydrogens is 919 g/mol. The molecular formula is C46H29Cl2F6N5O7. The molecule has 20 heteroatoms. The minimum Gasteiger partial charge on any atom is -0.508 e. The van der Waals surface area contributed by atoms with Crippen molar-refractivity contribution in [2.45, 2.75) is 36.7 Å². The summed E-state index contributed by atoms with van der Waals surface area (Å²) in [6.07, 6.45) is -8.41. The van der Waals surface area contributed by atoms with Gasteiger partial charge in [0.15, 0.2) is 11.4 Å². The lowest BCUT2D eigenvalue weighted by molar-refractivity contribution is -0.274. The van der Waals surface area contributed by atoms with Crippen molar-refractivity contribution in [3.05, 3.63) is 142 Å². The first-order valence-corrected chi connectivity index (χ1v) is 20.9. The summed E-state index contributed by atoms with van der Waals surface area (Å²) in [4.78, 5) is 68.9. The molecule has 2 aromatic heterocycles. The van der Waals surface area contributed by atoms with Crippen LogP contribution in [0, 0.1) is 23.7 Å². The number of aromatic hydroxyl groups is 1. The first kappa shape index (κ1) is 43.0. The standard InChI is InChI=1S/C46H29Cl2F6N5O7/c47-24-9-7-22(8-10-24)44-31(41(62)59(43(44)64)57-38-32(48)17-23(20-55-38)45(49,50)51)19-29-27(37(44)30-18-26(13-16-34(30)60)66-46(52,53)54)14-15-28-36(29)42(63)58(40(28)61)25-11-5-21(6-12-25)39-56-33-3-1-2-4-35(33)65-39/h1-14,16-18,20,28-29,31,36-37,60H,15,19H2,(H,55,57)/t28-,29+,31-,36-,37+,44+/m0/s1. The number of ether oxygens (including phenoxy) is 1. The van der Waals surface area contributed by atoms with E-state index in [9.17, 15) is 45.8 Å². The third kappa shape index (κ3) is 6.83. The zero-order valence-electron chi connectivity index (χ0n) is 33.4. The number of alkyl halides is 6. The molecule has 2 aliphatic heterocycles. The van der Waals surface area contributed by atoms with Crippen LogP contribution in [0.5, 0.6) is 11.5 Å². The predicted octanol–water partition coefficient (Wildman–Crippen LogP) is 10.0. The molecule has 12 nitrogen and oxygen atoms in total. The second kappa shape index (κ2) is 15.3. The van der Waals surface area contributed by atoms with Crippen LogP contribution in [0.3, 0.4) is 0 Å². The number of aromatic nitrogens is 2. The number of hydrogen-bond donors (Lipinski definition) is 2. The van der Waals surface area contributed by atoms with Gasteiger partial charge in [-0.15, -0.1) is 13.2 Å². The molecule has 336 valence electrons. The molecule has 6 aromatic rings. The van der Waals surface area contributed by atoms with Gasteiger partial charge in [0.2, 0.25) is 17.7 Å². The summed E-state index contributed by atoms with van der Waals surface area (Å²) in [6.45, 7) is 0. The Morgan fingerprint density at radius 3 is 2.26 bits per heavy atom. The molecule has 0 radical (unpaired) electrons. The molecule has 10 rings (SSSR count). The van der Waals surface area contributed by atoms with E-state index in [0.29, 0.717) is 39.8 Å². The summed E-state index contributed by atoms with van der Waals surface area (Å²) in [5.74, 6) is -11.2. The van der Waals surface area contributed by atoms with Gasteiger partial charge in [-0.2, -0.15) is 18.2 Å². The number of carbonyl (C=O) groups is 4. The molecule has 0 unspecified atom stereocenters. The predicted molar refractivity (Wildman–Crippen MR) is 224 cm³/mol. The lowest BCUT2D eigenvalue weighted by Gasteiger charge is -2.50. The number of phenols is 1. The molecule has 4 heterocycles. The number of hydrazine groups is 1. The fraction of sp³-hybridized carbons (Fsp3) is 0.217. The van der Waals surface area contributed by atoms with Crippen LogP contribution in [0.1, 0.15) is 35.4 Å². The number of phenolic OH excluding ortho intramolecular Hbond substituents is 1. The maximum atomic E-state index is 15.4. The topological polar surface area (TPSA) is 155 Å². The fourth-order valence-electron chi connectivity index (χ4n) is 10.1. The summed E-state index contributed by atoms with van der Waals surface area (Å²) in [5, 5.41) is 11.7. The number of carbonyl (C=O) groups excluding carboxylic acids is 4. The zero-order valence-corrected chi connectivity index (χ0v) is 34.9. The molecule has 4 amide bonds. The number of rotatable bonds is 7.